The summed E-state index contributed by atoms with van der Waals surface area (Å²) in [6, 6.07) is 0. The molecule has 0 spiro atoms. The molecule has 0 aromatic carbocycles. The first-order chi connectivity index (χ1) is 4.74. The first-order valence-corrected chi connectivity index (χ1v) is 3.45. The first-order valence-electron chi connectivity index (χ1n) is 3.45. The molecule has 1 aliphatic rings. The predicted molar refractivity (Wildman–Crippen MR) is 36.4 cm³/mol. The van der Waals surface area contributed by atoms with Crippen molar-refractivity contribution in [3.63, 3.8) is 0 Å². The van der Waals surface area contributed by atoms with Gasteiger partial charge in [-0.1, -0.05) is 6.92 Å². The molecule has 4 heteroatoms. The molecule has 0 aromatic heterocycles. The molecule has 58 valence electrons. The summed E-state index contributed by atoms with van der Waals surface area (Å²) in [6.07, 6.45) is 0. The van der Waals surface area contributed by atoms with Crippen LogP contribution in [0.3, 0.4) is 0 Å². The zero-order valence-electron chi connectivity index (χ0n) is 6.00. The Labute approximate surface area is 59.8 Å². The van der Waals surface area contributed by atoms with Gasteiger partial charge in [0.2, 0.25) is 0 Å². The normalized spacial score (nSPS) is 20.5. The van der Waals surface area contributed by atoms with E-state index in [1.165, 1.54) is 0 Å². The third-order valence-corrected chi connectivity index (χ3v) is 1.61. The van der Waals surface area contributed by atoms with Crippen LogP contribution in [-0.2, 0) is 4.79 Å². The summed E-state index contributed by atoms with van der Waals surface area (Å²) in [6.45, 7) is 4.15. The molecular weight excluding hydrogens is 132 g/mol. The fraction of sp³-hybridized carbons (Fsp3) is 0.833. The van der Waals surface area contributed by atoms with E-state index in [0.717, 1.165) is 6.54 Å². The molecule has 2 N–H and O–H groups in total. The third kappa shape index (κ3) is 1.46. The number of rotatable bonds is 3. The van der Waals surface area contributed by atoms with Crippen molar-refractivity contribution in [2.75, 3.05) is 19.6 Å². The molecular formula is C6H12N2O2. The highest BCUT2D eigenvalue weighted by molar-refractivity contribution is 5.71. The molecule has 0 aromatic rings. The maximum atomic E-state index is 10.3. The molecule has 1 saturated heterocycles. The van der Waals surface area contributed by atoms with Crippen LogP contribution in [0.4, 0.5) is 0 Å². The third-order valence-electron chi connectivity index (χ3n) is 1.61. The zero-order chi connectivity index (χ0) is 7.56. The summed E-state index contributed by atoms with van der Waals surface area (Å²) in [4.78, 5) is 10.3. The van der Waals surface area contributed by atoms with Gasteiger partial charge >= 0.3 is 5.97 Å². The van der Waals surface area contributed by atoms with Crippen molar-refractivity contribution in [3.8, 4) is 0 Å². The van der Waals surface area contributed by atoms with E-state index in [0.29, 0.717) is 13.1 Å². The number of carboxylic acids is 1. The van der Waals surface area contributed by atoms with Gasteiger partial charge in [0.05, 0.1) is 5.92 Å². The van der Waals surface area contributed by atoms with Crippen molar-refractivity contribution in [2.24, 2.45) is 5.92 Å². The van der Waals surface area contributed by atoms with Gasteiger partial charge in [-0.25, -0.2) is 5.01 Å². The maximum absolute atomic E-state index is 10.3. The second-order valence-corrected chi connectivity index (χ2v) is 2.45. The summed E-state index contributed by atoms with van der Waals surface area (Å²) < 4.78 is 0. The predicted octanol–water partition coefficient (Wildman–Crippen LogP) is -0.473. The lowest BCUT2D eigenvalue weighted by atomic mass is 10.0. The second kappa shape index (κ2) is 2.98. The summed E-state index contributed by atoms with van der Waals surface area (Å²) in [5.74, 6) is -0.840. The highest BCUT2D eigenvalue weighted by Gasteiger charge is 2.31. The van der Waals surface area contributed by atoms with Crippen LogP contribution >= 0.6 is 0 Å². The molecule has 0 aliphatic carbocycles. The van der Waals surface area contributed by atoms with Gasteiger partial charge in [0.15, 0.2) is 0 Å². The quantitative estimate of drug-likeness (QED) is 0.562. The first kappa shape index (κ1) is 7.50. The van der Waals surface area contributed by atoms with Crippen LogP contribution in [0.5, 0.6) is 0 Å². The number of nitrogens with one attached hydrogen (secondary N) is 1. The van der Waals surface area contributed by atoms with Gasteiger partial charge in [-0.15, -0.1) is 0 Å². The molecule has 0 saturated carbocycles. The van der Waals surface area contributed by atoms with Crippen LogP contribution in [0.15, 0.2) is 0 Å². The van der Waals surface area contributed by atoms with Gasteiger partial charge < -0.3 is 5.11 Å². The van der Waals surface area contributed by atoms with E-state index in [-0.39, 0.29) is 5.92 Å². The monoisotopic (exact) mass is 144 g/mol. The number of hydrazine groups is 1. The van der Waals surface area contributed by atoms with Gasteiger partial charge in [-0.05, 0) is 0 Å². The Balaban J connectivity index is 2.12. The van der Waals surface area contributed by atoms with Crippen LogP contribution in [0.25, 0.3) is 0 Å². The van der Waals surface area contributed by atoms with E-state index >= 15 is 0 Å². The van der Waals surface area contributed by atoms with Crippen molar-refractivity contribution in [3.05, 3.63) is 0 Å². The number of hydrogen-bond acceptors (Lipinski definition) is 3. The van der Waals surface area contributed by atoms with Crippen molar-refractivity contribution in [2.45, 2.75) is 6.92 Å². The van der Waals surface area contributed by atoms with E-state index < -0.39 is 5.97 Å². The minimum Gasteiger partial charge on any atom is -0.481 e. The Hall–Kier alpha value is -0.610. The number of hydrogen-bond donors (Lipinski definition) is 2. The Morgan fingerprint density at radius 3 is 2.80 bits per heavy atom. The standard InChI is InChI=1S/C6H12N2O2/c1-2-7-8-3-5(4-8)6(9)10/h5,7H,2-4H2,1H3,(H,9,10). The van der Waals surface area contributed by atoms with Crippen molar-refractivity contribution >= 4 is 5.97 Å². The highest BCUT2D eigenvalue weighted by Crippen LogP contribution is 2.11. The second-order valence-electron chi connectivity index (χ2n) is 2.45. The Morgan fingerprint density at radius 2 is 2.40 bits per heavy atom. The van der Waals surface area contributed by atoms with Gasteiger partial charge in [-0.2, -0.15) is 0 Å². The van der Waals surface area contributed by atoms with E-state index in [4.69, 9.17) is 5.11 Å². The van der Waals surface area contributed by atoms with Crippen LogP contribution in [0, 0.1) is 5.92 Å². The lowest BCUT2D eigenvalue weighted by molar-refractivity contribution is -0.149. The molecule has 4 nitrogen and oxygen atoms in total. The molecule has 0 amide bonds. The average molecular weight is 144 g/mol. The molecule has 1 heterocycles. The lowest BCUT2D eigenvalue weighted by Gasteiger charge is -2.36. The average Bonchev–Trinajstić information content (AvgIpc) is 1.76. The summed E-state index contributed by atoms with van der Waals surface area (Å²) >= 11 is 0. The fourth-order valence-corrected chi connectivity index (χ4v) is 0.987. The smallest absolute Gasteiger partial charge is 0.309 e. The molecule has 10 heavy (non-hydrogen) atoms. The molecule has 1 fully saturated rings. The Bertz CT molecular complexity index is 132. The van der Waals surface area contributed by atoms with Crippen LogP contribution < -0.4 is 5.43 Å². The highest BCUT2D eigenvalue weighted by atomic mass is 16.4. The van der Waals surface area contributed by atoms with E-state index in [2.05, 4.69) is 5.43 Å². The Morgan fingerprint density at radius 1 is 1.80 bits per heavy atom. The van der Waals surface area contributed by atoms with E-state index in [1.807, 2.05) is 11.9 Å². The van der Waals surface area contributed by atoms with Gasteiger partial charge in [0, 0.05) is 19.6 Å². The lowest BCUT2D eigenvalue weighted by Crippen LogP contribution is -2.56. The van der Waals surface area contributed by atoms with Crippen LogP contribution in [-0.4, -0.2) is 35.7 Å². The van der Waals surface area contributed by atoms with E-state index in [1.54, 1.807) is 0 Å². The summed E-state index contributed by atoms with van der Waals surface area (Å²) in [7, 11) is 0. The molecule has 0 radical (unpaired) electrons. The van der Waals surface area contributed by atoms with Gasteiger partial charge in [-0.3, -0.25) is 10.2 Å². The largest absolute Gasteiger partial charge is 0.481 e. The molecule has 1 rings (SSSR count). The fourth-order valence-electron chi connectivity index (χ4n) is 0.987. The van der Waals surface area contributed by atoms with Crippen molar-refractivity contribution in [1.29, 1.82) is 0 Å². The SMILES string of the molecule is CCNN1CC(C(=O)O)C1. The maximum Gasteiger partial charge on any atom is 0.309 e. The summed E-state index contributed by atoms with van der Waals surface area (Å²) in [5, 5.41) is 10.4. The number of carboxylic acid groups (broad SMARTS) is 1. The molecule has 0 unspecified atom stereocenters. The minimum absolute atomic E-state index is 0.154. The molecule has 0 atom stereocenters. The zero-order valence-corrected chi connectivity index (χ0v) is 6.00. The summed E-state index contributed by atoms with van der Waals surface area (Å²) in [5.41, 5.74) is 3.04. The minimum atomic E-state index is -0.686. The number of aliphatic carboxylic acids is 1. The topological polar surface area (TPSA) is 52.6 Å². The van der Waals surface area contributed by atoms with Gasteiger partial charge in [0.25, 0.3) is 0 Å². The van der Waals surface area contributed by atoms with Crippen molar-refractivity contribution in [1.82, 2.24) is 10.4 Å². The molecule has 0 bridgehead atoms. The number of nitrogens with zero attached hydrogens (tertiary/aromatic N) is 1. The van der Waals surface area contributed by atoms with Crippen LogP contribution in [0.1, 0.15) is 6.92 Å². The van der Waals surface area contributed by atoms with Crippen molar-refractivity contribution < 1.29 is 9.90 Å². The van der Waals surface area contributed by atoms with Gasteiger partial charge in [0.1, 0.15) is 0 Å². The number of carbonyl (C=O) groups is 1. The Kier molecular flexibility index (Phi) is 2.24. The van der Waals surface area contributed by atoms with E-state index in [9.17, 15) is 4.79 Å². The molecule has 1 aliphatic heterocycles. The van der Waals surface area contributed by atoms with Crippen LogP contribution in [0.2, 0.25) is 0 Å².